The van der Waals surface area contributed by atoms with Gasteiger partial charge in [-0.25, -0.2) is 13.2 Å². The van der Waals surface area contributed by atoms with Crippen LogP contribution in [0.4, 0.5) is 0 Å². The summed E-state index contributed by atoms with van der Waals surface area (Å²) in [6.07, 6.45) is 5.49. The Morgan fingerprint density at radius 3 is 2.61 bits per heavy atom. The van der Waals surface area contributed by atoms with Crippen molar-refractivity contribution >= 4 is 21.9 Å². The van der Waals surface area contributed by atoms with Crippen LogP contribution >= 0.6 is 0 Å². The molecule has 1 N–H and O–H groups in total. The molecule has 2 aliphatic carbocycles. The first kappa shape index (κ1) is 24.2. The Hall–Kier alpha value is -1.97. The normalized spacial score (nSPS) is 26.2. The second-order valence-electron chi connectivity index (χ2n) is 9.46. The van der Waals surface area contributed by atoms with E-state index in [1.165, 1.54) is 29.6 Å². The van der Waals surface area contributed by atoms with Gasteiger partial charge in [0.2, 0.25) is 10.0 Å². The van der Waals surface area contributed by atoms with Gasteiger partial charge in [-0.05, 0) is 68.1 Å². The second-order valence-corrected chi connectivity index (χ2v) is 11.4. The number of nitrogens with one attached hydrogen (secondary N) is 1. The number of nitrogens with zero attached hydrogens (tertiary/aromatic N) is 1. The summed E-state index contributed by atoms with van der Waals surface area (Å²) in [6.45, 7) is 4.76. The molecule has 4 rings (SSSR count). The summed E-state index contributed by atoms with van der Waals surface area (Å²) < 4.78 is 38.2. The number of benzene rings is 1. The van der Waals surface area contributed by atoms with Crippen molar-refractivity contribution < 1.29 is 27.5 Å². The Morgan fingerprint density at radius 2 is 1.97 bits per heavy atom. The van der Waals surface area contributed by atoms with Gasteiger partial charge in [0.1, 0.15) is 0 Å². The molecule has 4 atom stereocenters. The Balaban J connectivity index is 1.37. The molecule has 0 aromatic heterocycles. The fraction of sp³-hybridized carbons (Fsp3) is 0.667. The summed E-state index contributed by atoms with van der Waals surface area (Å²) in [5, 5.41) is 2.98. The van der Waals surface area contributed by atoms with E-state index in [9.17, 15) is 18.0 Å². The summed E-state index contributed by atoms with van der Waals surface area (Å²) in [5.74, 6) is 0.949. The molecular weight excluding hydrogens is 444 g/mol. The van der Waals surface area contributed by atoms with Crippen molar-refractivity contribution in [2.45, 2.75) is 56.9 Å². The van der Waals surface area contributed by atoms with E-state index in [4.69, 9.17) is 9.47 Å². The van der Waals surface area contributed by atoms with Crippen LogP contribution in [-0.2, 0) is 30.7 Å². The van der Waals surface area contributed by atoms with E-state index in [1.54, 1.807) is 12.1 Å². The van der Waals surface area contributed by atoms with E-state index < -0.39 is 16.0 Å². The molecule has 0 spiro atoms. The Morgan fingerprint density at radius 1 is 1.21 bits per heavy atom. The third-order valence-corrected chi connectivity index (χ3v) is 9.41. The lowest BCUT2D eigenvalue weighted by atomic mass is 9.84. The topological polar surface area (TPSA) is 102 Å². The number of hydrogen-bond donors (Lipinski definition) is 1. The van der Waals surface area contributed by atoms with Gasteiger partial charge in [-0.2, -0.15) is 4.31 Å². The fourth-order valence-electron chi connectivity index (χ4n) is 5.66. The molecule has 8 nitrogen and oxygen atoms in total. The van der Waals surface area contributed by atoms with Crippen molar-refractivity contribution in [2.75, 3.05) is 32.9 Å². The van der Waals surface area contributed by atoms with Crippen molar-refractivity contribution in [1.82, 2.24) is 9.62 Å². The lowest BCUT2D eigenvalue weighted by molar-refractivity contribution is -0.125. The van der Waals surface area contributed by atoms with Gasteiger partial charge in [0.05, 0.1) is 23.7 Å². The van der Waals surface area contributed by atoms with Gasteiger partial charge in [0.25, 0.3) is 5.91 Å². The van der Waals surface area contributed by atoms with Crippen molar-refractivity contribution in [3.63, 3.8) is 0 Å². The van der Waals surface area contributed by atoms with Crippen LogP contribution in [0, 0.1) is 17.8 Å². The first-order chi connectivity index (χ1) is 15.8. The largest absolute Gasteiger partial charge is 0.452 e. The quantitative estimate of drug-likeness (QED) is 0.576. The van der Waals surface area contributed by atoms with Crippen molar-refractivity contribution in [1.29, 1.82) is 0 Å². The minimum absolute atomic E-state index is 0.0561. The predicted molar refractivity (Wildman–Crippen MR) is 122 cm³/mol. The van der Waals surface area contributed by atoms with Gasteiger partial charge in [0, 0.05) is 19.1 Å². The average Bonchev–Trinajstić information content (AvgIpc) is 3.46. The zero-order valence-electron chi connectivity index (χ0n) is 19.4. The zero-order chi connectivity index (χ0) is 23.6. The Kier molecular flexibility index (Phi) is 7.40. The lowest BCUT2D eigenvalue weighted by Crippen LogP contribution is -2.42. The molecule has 2 saturated carbocycles. The molecule has 182 valence electrons. The molecule has 1 aromatic carbocycles. The molecule has 33 heavy (non-hydrogen) atoms. The Bertz CT molecular complexity index is 989. The van der Waals surface area contributed by atoms with Crippen LogP contribution in [0.2, 0.25) is 0 Å². The van der Waals surface area contributed by atoms with Crippen LogP contribution in [-0.4, -0.2) is 63.6 Å². The first-order valence-electron chi connectivity index (χ1n) is 12.0. The van der Waals surface area contributed by atoms with Gasteiger partial charge in [-0.1, -0.05) is 19.4 Å². The maximum atomic E-state index is 13.2. The molecule has 4 unspecified atom stereocenters. The van der Waals surface area contributed by atoms with Crippen LogP contribution in [0.25, 0.3) is 0 Å². The number of sulfonamides is 1. The molecular formula is C24H34N2O6S. The van der Waals surface area contributed by atoms with E-state index in [-0.39, 0.29) is 42.1 Å². The highest BCUT2D eigenvalue weighted by atomic mass is 32.2. The van der Waals surface area contributed by atoms with Crippen LogP contribution in [0.15, 0.2) is 23.1 Å². The minimum Gasteiger partial charge on any atom is -0.452 e. The summed E-state index contributed by atoms with van der Waals surface area (Å²) in [6, 6.07) is 4.61. The molecule has 0 radical (unpaired) electrons. The highest BCUT2D eigenvalue weighted by Crippen LogP contribution is 2.49. The van der Waals surface area contributed by atoms with E-state index >= 15 is 0 Å². The number of amides is 1. The smallest absolute Gasteiger partial charge is 0.338 e. The number of aryl methyl sites for hydroxylation is 1. The molecule has 9 heteroatoms. The first-order valence-corrected chi connectivity index (χ1v) is 13.4. The molecule has 3 aliphatic rings. The predicted octanol–water partition coefficient (Wildman–Crippen LogP) is 2.37. The van der Waals surface area contributed by atoms with Crippen molar-refractivity contribution in [3.8, 4) is 0 Å². The SMILES string of the molecule is CCc1ccc(C(=O)OCC(=O)NC(C)C2CC3CCC2C3)cc1S(=O)(=O)N1CCOCC1. The Labute approximate surface area is 196 Å². The zero-order valence-corrected chi connectivity index (χ0v) is 20.2. The molecule has 1 heterocycles. The van der Waals surface area contributed by atoms with E-state index in [0.717, 1.165) is 12.3 Å². The molecule has 1 aromatic rings. The van der Waals surface area contributed by atoms with Crippen LogP contribution in [0.1, 0.15) is 55.5 Å². The number of morpholine rings is 1. The van der Waals surface area contributed by atoms with E-state index in [0.29, 0.717) is 37.0 Å². The number of carbonyl (C=O) groups is 2. The number of hydrogen-bond acceptors (Lipinski definition) is 6. The van der Waals surface area contributed by atoms with Gasteiger partial charge < -0.3 is 14.8 Å². The molecule has 1 aliphatic heterocycles. The lowest BCUT2D eigenvalue weighted by Gasteiger charge is -2.28. The maximum absolute atomic E-state index is 13.2. The number of carbonyl (C=O) groups excluding carboxylic acids is 2. The monoisotopic (exact) mass is 478 g/mol. The van der Waals surface area contributed by atoms with Crippen LogP contribution < -0.4 is 5.32 Å². The van der Waals surface area contributed by atoms with Gasteiger partial charge in [-0.15, -0.1) is 0 Å². The molecule has 1 saturated heterocycles. The molecule has 1 amide bonds. The highest BCUT2D eigenvalue weighted by Gasteiger charge is 2.42. The molecule has 3 fully saturated rings. The summed E-state index contributed by atoms with van der Waals surface area (Å²) in [4.78, 5) is 25.1. The number of esters is 1. The highest BCUT2D eigenvalue weighted by molar-refractivity contribution is 7.89. The van der Waals surface area contributed by atoms with Crippen LogP contribution in [0.3, 0.4) is 0 Å². The third kappa shape index (κ3) is 5.25. The average molecular weight is 479 g/mol. The number of rotatable bonds is 8. The fourth-order valence-corrected chi connectivity index (χ4v) is 7.39. The summed E-state index contributed by atoms with van der Waals surface area (Å²) in [5.41, 5.74) is 0.753. The third-order valence-electron chi connectivity index (χ3n) is 7.43. The standard InChI is InChI=1S/C24H34N2O6S/c1-3-18-6-7-20(14-22(18)33(29,30)26-8-10-31-11-9-26)24(28)32-15-23(27)25-16(2)21-13-17-4-5-19(21)12-17/h6-7,14,16-17,19,21H,3-5,8-13,15H2,1-2H3,(H,25,27). The van der Waals surface area contributed by atoms with E-state index in [2.05, 4.69) is 5.32 Å². The van der Waals surface area contributed by atoms with Gasteiger partial charge >= 0.3 is 5.97 Å². The maximum Gasteiger partial charge on any atom is 0.338 e. The number of fused-ring (bicyclic) bond motifs is 2. The van der Waals surface area contributed by atoms with Gasteiger partial charge in [-0.3, -0.25) is 4.79 Å². The number of ether oxygens (including phenoxy) is 2. The van der Waals surface area contributed by atoms with Gasteiger partial charge in [0.15, 0.2) is 6.61 Å². The summed E-state index contributed by atoms with van der Waals surface area (Å²) in [7, 11) is -3.76. The molecule has 2 bridgehead atoms. The van der Waals surface area contributed by atoms with Crippen molar-refractivity contribution in [2.24, 2.45) is 17.8 Å². The summed E-state index contributed by atoms with van der Waals surface area (Å²) >= 11 is 0. The van der Waals surface area contributed by atoms with Crippen LogP contribution in [0.5, 0.6) is 0 Å². The van der Waals surface area contributed by atoms with E-state index in [1.807, 2.05) is 13.8 Å². The second kappa shape index (κ2) is 10.1. The van der Waals surface area contributed by atoms with Crippen molar-refractivity contribution in [3.05, 3.63) is 29.3 Å². The minimum atomic E-state index is -3.76.